The van der Waals surface area contributed by atoms with E-state index < -0.39 is 18.2 Å². The van der Waals surface area contributed by atoms with E-state index in [1.54, 1.807) is 13.0 Å². The molecule has 0 saturated heterocycles. The fourth-order valence-electron chi connectivity index (χ4n) is 4.22. The molecule has 5 heteroatoms. The van der Waals surface area contributed by atoms with Crippen molar-refractivity contribution in [2.24, 2.45) is 11.8 Å². The van der Waals surface area contributed by atoms with Crippen molar-refractivity contribution >= 4 is 5.97 Å². The SMILES string of the molecule is CC#CC[C@@H](C)[C@@H](O)/C=C/[C@@H]1[C@H]2c3cccc(CCC(=O)O)c3O[C@H]2C[C@H]1O. The number of benzene rings is 1. The summed E-state index contributed by atoms with van der Waals surface area (Å²) in [5.41, 5.74) is 1.93. The topological polar surface area (TPSA) is 87.0 Å². The van der Waals surface area contributed by atoms with Crippen LogP contribution in [0.4, 0.5) is 0 Å². The van der Waals surface area contributed by atoms with E-state index in [1.807, 2.05) is 31.2 Å². The number of aryl methyl sites for hydroxylation is 1. The number of aliphatic hydroxyl groups excluding tert-OH is 2. The predicted molar refractivity (Wildman–Crippen MR) is 106 cm³/mol. The Morgan fingerprint density at radius 2 is 2.21 bits per heavy atom. The van der Waals surface area contributed by atoms with Crippen LogP contribution < -0.4 is 4.74 Å². The van der Waals surface area contributed by atoms with Crippen molar-refractivity contribution in [1.82, 2.24) is 0 Å². The summed E-state index contributed by atoms with van der Waals surface area (Å²) in [6, 6.07) is 5.83. The van der Waals surface area contributed by atoms with Crippen LogP contribution in [0.25, 0.3) is 0 Å². The molecule has 28 heavy (non-hydrogen) atoms. The minimum absolute atomic E-state index is 0.0176. The summed E-state index contributed by atoms with van der Waals surface area (Å²) in [4.78, 5) is 10.9. The van der Waals surface area contributed by atoms with Crippen molar-refractivity contribution < 1.29 is 24.9 Å². The number of hydrogen-bond donors (Lipinski definition) is 3. The summed E-state index contributed by atoms with van der Waals surface area (Å²) < 4.78 is 6.13. The van der Waals surface area contributed by atoms with Crippen molar-refractivity contribution in [3.8, 4) is 17.6 Å². The zero-order valence-electron chi connectivity index (χ0n) is 16.3. The molecule has 6 atom stereocenters. The molecule has 0 radical (unpaired) electrons. The van der Waals surface area contributed by atoms with Gasteiger partial charge < -0.3 is 20.1 Å². The normalized spacial score (nSPS) is 27.4. The van der Waals surface area contributed by atoms with Crippen LogP contribution in [0.2, 0.25) is 0 Å². The number of hydrogen-bond acceptors (Lipinski definition) is 4. The van der Waals surface area contributed by atoms with Crippen LogP contribution in [0.1, 0.15) is 50.2 Å². The highest BCUT2D eigenvalue weighted by molar-refractivity contribution is 5.67. The summed E-state index contributed by atoms with van der Waals surface area (Å²) in [5, 5.41) is 29.9. The van der Waals surface area contributed by atoms with Gasteiger partial charge in [0, 0.05) is 36.7 Å². The standard InChI is InChI=1S/C23H28O5/c1-3-4-6-14(2)18(24)11-10-16-19(25)13-20-22(16)17-8-5-7-15(23(17)28-20)9-12-21(26)27/h5,7-8,10-11,14,16,18-20,22,24-25H,6,9,12-13H2,1-2H3,(H,26,27)/b11-10+/t14-,16+,18+,19-,20+,22+/m1/s1. The molecule has 0 unspecified atom stereocenters. The summed E-state index contributed by atoms with van der Waals surface area (Å²) >= 11 is 0. The molecule has 3 N–H and O–H groups in total. The number of carboxylic acids is 1. The first-order chi connectivity index (χ1) is 13.4. The average molecular weight is 384 g/mol. The van der Waals surface area contributed by atoms with Gasteiger partial charge >= 0.3 is 5.97 Å². The monoisotopic (exact) mass is 384 g/mol. The second-order valence-corrected chi connectivity index (χ2v) is 7.78. The summed E-state index contributed by atoms with van der Waals surface area (Å²) in [7, 11) is 0. The van der Waals surface area contributed by atoms with E-state index in [4.69, 9.17) is 9.84 Å². The second-order valence-electron chi connectivity index (χ2n) is 7.78. The quantitative estimate of drug-likeness (QED) is 0.497. The van der Waals surface area contributed by atoms with E-state index in [1.165, 1.54) is 0 Å². The largest absolute Gasteiger partial charge is 0.489 e. The lowest BCUT2D eigenvalue weighted by atomic mass is 9.86. The van der Waals surface area contributed by atoms with Crippen molar-refractivity contribution in [3.63, 3.8) is 0 Å². The molecule has 0 spiro atoms. The van der Waals surface area contributed by atoms with Gasteiger partial charge in [-0.3, -0.25) is 4.79 Å². The first-order valence-corrected chi connectivity index (χ1v) is 9.86. The minimum atomic E-state index is -0.831. The Balaban J connectivity index is 1.78. The number of ether oxygens (including phenoxy) is 1. The number of carboxylic acid groups (broad SMARTS) is 1. The molecule has 5 nitrogen and oxygen atoms in total. The zero-order valence-corrected chi connectivity index (χ0v) is 16.3. The molecular formula is C23H28O5. The second kappa shape index (κ2) is 8.81. The predicted octanol–water partition coefficient (Wildman–Crippen LogP) is 2.90. The van der Waals surface area contributed by atoms with E-state index in [2.05, 4.69) is 11.8 Å². The van der Waals surface area contributed by atoms with E-state index in [0.29, 0.717) is 19.3 Å². The Bertz CT molecular complexity index is 803. The Morgan fingerprint density at radius 3 is 2.93 bits per heavy atom. The smallest absolute Gasteiger partial charge is 0.303 e. The van der Waals surface area contributed by atoms with Crippen LogP contribution in [0.5, 0.6) is 5.75 Å². The molecular weight excluding hydrogens is 356 g/mol. The maximum Gasteiger partial charge on any atom is 0.303 e. The molecule has 1 aromatic carbocycles. The number of para-hydroxylation sites is 1. The van der Waals surface area contributed by atoms with Crippen molar-refractivity contribution in [2.75, 3.05) is 0 Å². The first-order valence-electron chi connectivity index (χ1n) is 9.86. The van der Waals surface area contributed by atoms with E-state index >= 15 is 0 Å². The van der Waals surface area contributed by atoms with Gasteiger partial charge in [-0.25, -0.2) is 0 Å². The third-order valence-corrected chi connectivity index (χ3v) is 5.81. The zero-order chi connectivity index (χ0) is 20.3. The Morgan fingerprint density at radius 1 is 1.43 bits per heavy atom. The molecule has 1 aromatic rings. The molecule has 1 heterocycles. The molecule has 1 aliphatic carbocycles. The van der Waals surface area contributed by atoms with Crippen molar-refractivity contribution in [2.45, 2.75) is 63.8 Å². The molecule has 150 valence electrons. The van der Waals surface area contributed by atoms with Gasteiger partial charge in [-0.2, -0.15) is 0 Å². The minimum Gasteiger partial charge on any atom is -0.489 e. The summed E-state index contributed by atoms with van der Waals surface area (Å²) in [5.74, 6) is 5.67. The molecule has 0 bridgehead atoms. The van der Waals surface area contributed by atoms with Crippen molar-refractivity contribution in [3.05, 3.63) is 41.5 Å². The Hall–Kier alpha value is -2.29. The van der Waals surface area contributed by atoms with E-state index in [9.17, 15) is 15.0 Å². The third kappa shape index (κ3) is 4.24. The van der Waals surface area contributed by atoms with Crippen LogP contribution in [-0.2, 0) is 11.2 Å². The highest BCUT2D eigenvalue weighted by atomic mass is 16.5. The highest BCUT2D eigenvalue weighted by Crippen LogP contribution is 2.52. The lowest BCUT2D eigenvalue weighted by Gasteiger charge is -2.19. The lowest BCUT2D eigenvalue weighted by molar-refractivity contribution is -0.136. The van der Waals surface area contributed by atoms with Gasteiger partial charge in [0.2, 0.25) is 0 Å². The molecule has 3 rings (SSSR count). The molecule has 0 aromatic heterocycles. The maximum absolute atomic E-state index is 10.9. The molecule has 1 saturated carbocycles. The fourth-order valence-corrected chi connectivity index (χ4v) is 4.22. The van der Waals surface area contributed by atoms with E-state index in [0.717, 1.165) is 16.9 Å². The van der Waals surface area contributed by atoms with Crippen LogP contribution in [0, 0.1) is 23.7 Å². The number of rotatable bonds is 7. The number of fused-ring (bicyclic) bond motifs is 3. The first kappa shape index (κ1) is 20.4. The van der Waals surface area contributed by atoms with Crippen LogP contribution in [0.15, 0.2) is 30.4 Å². The number of aliphatic carboxylic acids is 1. The average Bonchev–Trinajstić information content (AvgIpc) is 3.17. The van der Waals surface area contributed by atoms with Gasteiger partial charge in [0.05, 0.1) is 12.2 Å². The number of carbonyl (C=O) groups is 1. The molecule has 1 fully saturated rings. The fraction of sp³-hybridized carbons (Fsp3) is 0.522. The summed E-state index contributed by atoms with van der Waals surface area (Å²) in [6.45, 7) is 3.74. The van der Waals surface area contributed by atoms with Gasteiger partial charge in [0.1, 0.15) is 11.9 Å². The Labute approximate surface area is 166 Å². The van der Waals surface area contributed by atoms with Crippen LogP contribution >= 0.6 is 0 Å². The number of aliphatic hydroxyl groups is 2. The Kier molecular flexibility index (Phi) is 6.43. The van der Waals surface area contributed by atoms with Gasteiger partial charge in [-0.05, 0) is 24.8 Å². The molecule has 0 amide bonds. The third-order valence-electron chi connectivity index (χ3n) is 5.81. The van der Waals surface area contributed by atoms with Crippen molar-refractivity contribution in [1.29, 1.82) is 0 Å². The molecule has 1 aliphatic heterocycles. The lowest BCUT2D eigenvalue weighted by Crippen LogP contribution is -2.19. The van der Waals surface area contributed by atoms with Gasteiger partial charge in [0.15, 0.2) is 0 Å². The molecule has 2 aliphatic rings. The van der Waals surface area contributed by atoms with Gasteiger partial charge in [-0.1, -0.05) is 37.3 Å². The maximum atomic E-state index is 10.9. The van der Waals surface area contributed by atoms with Crippen LogP contribution in [0.3, 0.4) is 0 Å². The van der Waals surface area contributed by atoms with Gasteiger partial charge in [-0.15, -0.1) is 11.8 Å². The summed E-state index contributed by atoms with van der Waals surface area (Å²) in [6.07, 6.45) is 4.06. The van der Waals surface area contributed by atoms with Gasteiger partial charge in [0.25, 0.3) is 0 Å². The highest BCUT2D eigenvalue weighted by Gasteiger charge is 2.48. The van der Waals surface area contributed by atoms with E-state index in [-0.39, 0.29) is 30.3 Å². The van der Waals surface area contributed by atoms with Crippen LogP contribution in [-0.4, -0.2) is 39.6 Å².